The first-order chi connectivity index (χ1) is 6.31. The van der Waals surface area contributed by atoms with Crippen LogP contribution in [0.5, 0.6) is 0 Å². The van der Waals surface area contributed by atoms with Crippen LogP contribution in [0.1, 0.15) is 39.0 Å². The highest BCUT2D eigenvalue weighted by molar-refractivity contribution is 5.02. The lowest BCUT2D eigenvalue weighted by molar-refractivity contribution is 0.246. The van der Waals surface area contributed by atoms with E-state index in [-0.39, 0.29) is 0 Å². The van der Waals surface area contributed by atoms with Crippen molar-refractivity contribution in [3.63, 3.8) is 0 Å². The van der Waals surface area contributed by atoms with E-state index in [0.717, 1.165) is 11.8 Å². The molecule has 1 saturated carbocycles. The molecule has 1 N–H and O–H groups in total. The van der Waals surface area contributed by atoms with Gasteiger partial charge in [-0.3, -0.25) is 0 Å². The molecule has 1 unspecified atom stereocenters. The highest BCUT2D eigenvalue weighted by atomic mass is 14.9. The molecule has 1 nitrogen and oxygen atoms in total. The van der Waals surface area contributed by atoms with Gasteiger partial charge in [0.1, 0.15) is 0 Å². The zero-order valence-electron chi connectivity index (χ0n) is 8.84. The van der Waals surface area contributed by atoms with E-state index in [4.69, 9.17) is 6.42 Å². The van der Waals surface area contributed by atoms with Crippen LogP contribution in [0.15, 0.2) is 0 Å². The van der Waals surface area contributed by atoms with Gasteiger partial charge in [0.25, 0.3) is 0 Å². The van der Waals surface area contributed by atoms with Crippen molar-refractivity contribution in [2.75, 3.05) is 7.05 Å². The minimum Gasteiger partial charge on any atom is -0.307 e. The van der Waals surface area contributed by atoms with Crippen LogP contribution < -0.4 is 5.32 Å². The molecule has 0 aromatic heterocycles. The Morgan fingerprint density at radius 1 is 1.38 bits per heavy atom. The van der Waals surface area contributed by atoms with Gasteiger partial charge in [-0.05, 0) is 31.7 Å². The highest BCUT2D eigenvalue weighted by Crippen LogP contribution is 2.32. The predicted octanol–water partition coefficient (Wildman–Crippen LogP) is 2.42. The molecular weight excluding hydrogens is 158 g/mol. The number of rotatable bonds is 3. The molecule has 0 heterocycles. The Bertz CT molecular complexity index is 172. The summed E-state index contributed by atoms with van der Waals surface area (Å²) in [5.41, 5.74) is 0. The monoisotopic (exact) mass is 179 g/mol. The van der Waals surface area contributed by atoms with Gasteiger partial charge in [0.2, 0.25) is 0 Å². The molecule has 1 atom stereocenters. The molecule has 0 amide bonds. The van der Waals surface area contributed by atoms with Crippen LogP contribution in [0.25, 0.3) is 0 Å². The van der Waals surface area contributed by atoms with Crippen molar-refractivity contribution in [2.45, 2.75) is 45.1 Å². The zero-order valence-corrected chi connectivity index (χ0v) is 8.84. The molecule has 1 aliphatic carbocycles. The van der Waals surface area contributed by atoms with E-state index < -0.39 is 0 Å². The van der Waals surface area contributed by atoms with Crippen molar-refractivity contribution in [1.82, 2.24) is 5.32 Å². The summed E-state index contributed by atoms with van der Waals surface area (Å²) >= 11 is 0. The maximum Gasteiger partial charge on any atom is 0.0713 e. The van der Waals surface area contributed by atoms with Crippen molar-refractivity contribution < 1.29 is 0 Å². The molecule has 0 aromatic carbocycles. The fraction of sp³-hybridized carbons (Fsp3) is 0.833. The third-order valence-electron chi connectivity index (χ3n) is 3.43. The SMILES string of the molecule is C#CC(NC)C1CCC(CC)CC1. The standard InChI is InChI=1S/C12H21N/c1-4-10-6-8-11(9-7-10)12(5-2)13-3/h2,10-13H,4,6-9H2,1,3H3. The van der Waals surface area contributed by atoms with Crippen molar-refractivity contribution in [3.05, 3.63) is 0 Å². The van der Waals surface area contributed by atoms with E-state index in [1.807, 2.05) is 7.05 Å². The van der Waals surface area contributed by atoms with E-state index >= 15 is 0 Å². The minimum absolute atomic E-state index is 0.304. The molecule has 1 rings (SSSR count). The topological polar surface area (TPSA) is 12.0 Å². The molecule has 13 heavy (non-hydrogen) atoms. The minimum atomic E-state index is 0.304. The smallest absolute Gasteiger partial charge is 0.0713 e. The first-order valence-corrected chi connectivity index (χ1v) is 5.45. The number of hydrogen-bond donors (Lipinski definition) is 1. The van der Waals surface area contributed by atoms with Crippen LogP contribution in [-0.2, 0) is 0 Å². The van der Waals surface area contributed by atoms with Gasteiger partial charge < -0.3 is 5.32 Å². The van der Waals surface area contributed by atoms with Crippen LogP contribution in [0.3, 0.4) is 0 Å². The molecule has 74 valence electrons. The third kappa shape index (κ3) is 2.74. The third-order valence-corrected chi connectivity index (χ3v) is 3.43. The van der Waals surface area contributed by atoms with Gasteiger partial charge in [0.15, 0.2) is 0 Å². The average molecular weight is 179 g/mol. The number of hydrogen-bond acceptors (Lipinski definition) is 1. The van der Waals surface area contributed by atoms with Crippen LogP contribution >= 0.6 is 0 Å². The Morgan fingerprint density at radius 3 is 2.38 bits per heavy atom. The Hall–Kier alpha value is -0.480. The molecule has 0 aromatic rings. The van der Waals surface area contributed by atoms with Crippen LogP contribution in [0, 0.1) is 24.2 Å². The van der Waals surface area contributed by atoms with E-state index in [2.05, 4.69) is 18.2 Å². The van der Waals surface area contributed by atoms with Crippen molar-refractivity contribution >= 4 is 0 Å². The first-order valence-electron chi connectivity index (χ1n) is 5.45. The molecule has 0 bridgehead atoms. The van der Waals surface area contributed by atoms with Crippen LogP contribution in [-0.4, -0.2) is 13.1 Å². The molecular formula is C12H21N. The van der Waals surface area contributed by atoms with E-state index in [1.165, 1.54) is 32.1 Å². The summed E-state index contributed by atoms with van der Waals surface area (Å²) in [6.45, 7) is 2.29. The second kappa shape index (κ2) is 5.29. The van der Waals surface area contributed by atoms with Gasteiger partial charge in [-0.15, -0.1) is 6.42 Å². The summed E-state index contributed by atoms with van der Waals surface area (Å²) in [6.07, 6.45) is 12.2. The molecule has 1 aliphatic rings. The summed E-state index contributed by atoms with van der Waals surface area (Å²) in [5.74, 6) is 4.53. The molecule has 0 saturated heterocycles. The maximum atomic E-state index is 5.47. The lowest BCUT2D eigenvalue weighted by Crippen LogP contribution is -2.34. The van der Waals surface area contributed by atoms with E-state index in [9.17, 15) is 0 Å². The predicted molar refractivity (Wildman–Crippen MR) is 57.4 cm³/mol. The van der Waals surface area contributed by atoms with Gasteiger partial charge in [-0.2, -0.15) is 0 Å². The van der Waals surface area contributed by atoms with Crippen molar-refractivity contribution in [1.29, 1.82) is 0 Å². The highest BCUT2D eigenvalue weighted by Gasteiger charge is 2.24. The zero-order chi connectivity index (χ0) is 9.68. The van der Waals surface area contributed by atoms with Gasteiger partial charge >= 0.3 is 0 Å². The Labute approximate surface area is 82.3 Å². The molecule has 1 fully saturated rings. The second-order valence-electron chi connectivity index (χ2n) is 4.12. The lowest BCUT2D eigenvalue weighted by atomic mass is 9.78. The normalized spacial score (nSPS) is 30.8. The molecule has 0 spiro atoms. The van der Waals surface area contributed by atoms with E-state index in [1.54, 1.807) is 0 Å². The van der Waals surface area contributed by atoms with Gasteiger partial charge in [0, 0.05) is 0 Å². The van der Waals surface area contributed by atoms with Gasteiger partial charge in [-0.1, -0.05) is 32.1 Å². The maximum absolute atomic E-state index is 5.47. The summed E-state index contributed by atoms with van der Waals surface area (Å²) < 4.78 is 0. The summed E-state index contributed by atoms with van der Waals surface area (Å²) in [6, 6.07) is 0.304. The second-order valence-corrected chi connectivity index (χ2v) is 4.12. The number of nitrogens with one attached hydrogen (secondary N) is 1. The van der Waals surface area contributed by atoms with Crippen molar-refractivity contribution in [2.24, 2.45) is 11.8 Å². The molecule has 0 radical (unpaired) electrons. The fourth-order valence-electron chi connectivity index (χ4n) is 2.38. The van der Waals surface area contributed by atoms with Gasteiger partial charge in [0.05, 0.1) is 6.04 Å². The Morgan fingerprint density at radius 2 is 2.00 bits per heavy atom. The summed E-state index contributed by atoms with van der Waals surface area (Å²) in [4.78, 5) is 0. The largest absolute Gasteiger partial charge is 0.307 e. The molecule has 0 aliphatic heterocycles. The van der Waals surface area contributed by atoms with E-state index in [0.29, 0.717) is 6.04 Å². The summed E-state index contributed by atoms with van der Waals surface area (Å²) in [5, 5.41) is 3.22. The molecule has 1 heteroatoms. The van der Waals surface area contributed by atoms with Gasteiger partial charge in [-0.25, -0.2) is 0 Å². The fourth-order valence-corrected chi connectivity index (χ4v) is 2.38. The number of terminal acetylenes is 1. The van der Waals surface area contributed by atoms with Crippen LogP contribution in [0.4, 0.5) is 0 Å². The Balaban J connectivity index is 2.36. The summed E-state index contributed by atoms with van der Waals surface area (Å²) in [7, 11) is 1.97. The first kappa shape index (κ1) is 10.6. The lowest BCUT2D eigenvalue weighted by Gasteiger charge is -2.30. The average Bonchev–Trinajstić information content (AvgIpc) is 2.21. The van der Waals surface area contributed by atoms with Crippen molar-refractivity contribution in [3.8, 4) is 12.3 Å². The quantitative estimate of drug-likeness (QED) is 0.656. The Kier molecular flexibility index (Phi) is 4.32. The van der Waals surface area contributed by atoms with Crippen LogP contribution in [0.2, 0.25) is 0 Å².